The molecule has 6 heteroatoms. The van der Waals surface area contributed by atoms with E-state index in [0.717, 1.165) is 11.3 Å². The molecule has 0 aliphatic heterocycles. The number of hydrogen-bond acceptors (Lipinski definition) is 6. The molecule has 2 rings (SSSR count). The number of aromatic nitrogens is 4. The number of ether oxygens (including phenoxy) is 1. The molecule has 82 valence electrons. The van der Waals surface area contributed by atoms with Crippen LogP contribution in [0.5, 0.6) is 6.01 Å². The lowest BCUT2D eigenvalue weighted by Crippen LogP contribution is -2.03. The Labute approximate surface area is 92.7 Å². The summed E-state index contributed by atoms with van der Waals surface area (Å²) in [7, 11) is 1.46. The van der Waals surface area contributed by atoms with Gasteiger partial charge in [0.1, 0.15) is 0 Å². The number of hydrogen-bond donors (Lipinski definition) is 1. The van der Waals surface area contributed by atoms with Crippen molar-refractivity contribution in [1.82, 2.24) is 20.4 Å². The molecule has 0 aliphatic rings. The summed E-state index contributed by atoms with van der Waals surface area (Å²) in [6.45, 7) is 2.01. The molecule has 0 radical (unpaired) electrons. The van der Waals surface area contributed by atoms with Crippen LogP contribution in [0.25, 0.3) is 0 Å². The Bertz CT molecular complexity index is 471. The van der Waals surface area contributed by atoms with Gasteiger partial charge in [0.25, 0.3) is 5.95 Å². The van der Waals surface area contributed by atoms with E-state index in [9.17, 15) is 0 Å². The van der Waals surface area contributed by atoms with Gasteiger partial charge in [0.05, 0.1) is 7.11 Å². The highest BCUT2D eigenvalue weighted by Crippen LogP contribution is 2.13. The van der Waals surface area contributed by atoms with Crippen LogP contribution in [0.15, 0.2) is 24.3 Å². The Morgan fingerprint density at radius 2 is 1.88 bits per heavy atom. The van der Waals surface area contributed by atoms with Crippen molar-refractivity contribution in [3.63, 3.8) is 0 Å². The molecule has 0 saturated heterocycles. The van der Waals surface area contributed by atoms with Gasteiger partial charge < -0.3 is 10.1 Å². The van der Waals surface area contributed by atoms with Crippen LogP contribution in [-0.4, -0.2) is 27.5 Å². The zero-order valence-corrected chi connectivity index (χ0v) is 9.01. The van der Waals surface area contributed by atoms with Crippen molar-refractivity contribution in [3.05, 3.63) is 29.8 Å². The fraction of sp³-hybridized carbons (Fsp3) is 0.200. The second-order valence-corrected chi connectivity index (χ2v) is 3.20. The maximum atomic E-state index is 4.76. The average Bonchev–Trinajstić information content (AvgIpc) is 2.30. The second kappa shape index (κ2) is 4.52. The molecule has 1 aromatic carbocycles. The zero-order valence-electron chi connectivity index (χ0n) is 9.01. The van der Waals surface area contributed by atoms with E-state index in [1.165, 1.54) is 7.11 Å². The van der Waals surface area contributed by atoms with Crippen molar-refractivity contribution in [2.45, 2.75) is 6.92 Å². The van der Waals surface area contributed by atoms with Gasteiger partial charge in [-0.3, -0.25) is 0 Å². The van der Waals surface area contributed by atoms with E-state index in [0.29, 0.717) is 5.95 Å². The first kappa shape index (κ1) is 10.3. The Kier molecular flexibility index (Phi) is 2.90. The van der Waals surface area contributed by atoms with Crippen LogP contribution in [0, 0.1) is 6.92 Å². The van der Waals surface area contributed by atoms with E-state index in [2.05, 4.69) is 25.7 Å². The third-order valence-corrected chi connectivity index (χ3v) is 1.92. The van der Waals surface area contributed by atoms with Crippen molar-refractivity contribution < 1.29 is 4.74 Å². The van der Waals surface area contributed by atoms with Crippen LogP contribution < -0.4 is 10.1 Å². The molecule has 0 spiro atoms. The Morgan fingerprint density at radius 3 is 2.50 bits per heavy atom. The molecule has 0 unspecified atom stereocenters. The van der Waals surface area contributed by atoms with E-state index < -0.39 is 0 Å². The highest BCUT2D eigenvalue weighted by Gasteiger charge is 2.01. The molecule has 0 atom stereocenters. The molecule has 2 aromatic rings. The molecular formula is C10H11N5O. The topological polar surface area (TPSA) is 72.8 Å². The number of nitrogens with zero attached hydrogens (tertiary/aromatic N) is 4. The van der Waals surface area contributed by atoms with Gasteiger partial charge in [-0.25, -0.2) is 0 Å². The number of anilines is 2. The molecule has 1 heterocycles. The quantitative estimate of drug-likeness (QED) is 0.836. The molecule has 6 nitrogen and oxygen atoms in total. The molecule has 16 heavy (non-hydrogen) atoms. The fourth-order valence-corrected chi connectivity index (χ4v) is 1.20. The Morgan fingerprint density at radius 1 is 1.12 bits per heavy atom. The molecule has 0 aliphatic carbocycles. The van der Waals surface area contributed by atoms with E-state index in [4.69, 9.17) is 4.74 Å². The van der Waals surface area contributed by atoms with Crippen molar-refractivity contribution in [2.24, 2.45) is 0 Å². The molecule has 0 saturated carbocycles. The summed E-state index contributed by atoms with van der Waals surface area (Å²) >= 11 is 0. The van der Waals surface area contributed by atoms with E-state index in [-0.39, 0.29) is 6.01 Å². The first-order chi connectivity index (χ1) is 7.78. The SMILES string of the molecule is COc1nnc(Nc2cccc(C)c2)nn1. The first-order valence-corrected chi connectivity index (χ1v) is 4.73. The lowest BCUT2D eigenvalue weighted by molar-refractivity contribution is 0.366. The van der Waals surface area contributed by atoms with Crippen LogP contribution in [0.2, 0.25) is 0 Å². The molecule has 0 bridgehead atoms. The average molecular weight is 217 g/mol. The number of benzene rings is 1. The predicted octanol–water partition coefficient (Wildman–Crippen LogP) is 1.33. The lowest BCUT2D eigenvalue weighted by atomic mass is 10.2. The Hall–Kier alpha value is -2.24. The highest BCUT2D eigenvalue weighted by atomic mass is 16.5. The molecule has 1 aromatic heterocycles. The first-order valence-electron chi connectivity index (χ1n) is 4.73. The van der Waals surface area contributed by atoms with Gasteiger partial charge in [-0.15, -0.1) is 10.2 Å². The van der Waals surface area contributed by atoms with Crippen molar-refractivity contribution in [1.29, 1.82) is 0 Å². The van der Waals surface area contributed by atoms with Crippen LogP contribution in [0.3, 0.4) is 0 Å². The number of rotatable bonds is 3. The van der Waals surface area contributed by atoms with Crippen molar-refractivity contribution in [2.75, 3.05) is 12.4 Å². The summed E-state index contributed by atoms with van der Waals surface area (Å²) in [6, 6.07) is 8.00. The van der Waals surface area contributed by atoms with E-state index in [1.807, 2.05) is 31.2 Å². The molecular weight excluding hydrogens is 206 g/mol. The number of methoxy groups -OCH3 is 1. The van der Waals surface area contributed by atoms with Gasteiger partial charge in [-0.2, -0.15) is 0 Å². The van der Waals surface area contributed by atoms with Gasteiger partial charge in [-0.1, -0.05) is 22.3 Å². The van der Waals surface area contributed by atoms with Crippen LogP contribution in [-0.2, 0) is 0 Å². The van der Waals surface area contributed by atoms with Crippen LogP contribution >= 0.6 is 0 Å². The minimum absolute atomic E-state index is 0.148. The summed E-state index contributed by atoms with van der Waals surface area (Å²) in [6.07, 6.45) is 0. The Balaban J connectivity index is 2.14. The monoisotopic (exact) mass is 217 g/mol. The summed E-state index contributed by atoms with van der Waals surface area (Å²) in [5.74, 6) is 0.339. The van der Waals surface area contributed by atoms with Crippen LogP contribution in [0.4, 0.5) is 11.6 Å². The minimum Gasteiger partial charge on any atom is -0.465 e. The van der Waals surface area contributed by atoms with Crippen molar-refractivity contribution >= 4 is 11.6 Å². The predicted molar refractivity (Wildman–Crippen MR) is 58.6 cm³/mol. The normalized spacial score (nSPS) is 9.88. The van der Waals surface area contributed by atoms with Gasteiger partial charge in [0.2, 0.25) is 0 Å². The standard InChI is InChI=1S/C10H11N5O/c1-7-4-3-5-8(6-7)11-9-12-14-10(16-2)15-13-9/h3-6H,1-2H3,(H,11,12,13). The highest BCUT2D eigenvalue weighted by molar-refractivity contribution is 5.53. The smallest absolute Gasteiger partial charge is 0.354 e. The van der Waals surface area contributed by atoms with Crippen molar-refractivity contribution in [3.8, 4) is 6.01 Å². The van der Waals surface area contributed by atoms with Gasteiger partial charge in [0.15, 0.2) is 0 Å². The summed E-state index contributed by atoms with van der Waals surface area (Å²) in [5, 5.41) is 18.0. The van der Waals surface area contributed by atoms with Gasteiger partial charge in [0, 0.05) is 5.69 Å². The van der Waals surface area contributed by atoms with E-state index >= 15 is 0 Å². The fourth-order valence-electron chi connectivity index (χ4n) is 1.20. The second-order valence-electron chi connectivity index (χ2n) is 3.20. The third-order valence-electron chi connectivity index (χ3n) is 1.92. The molecule has 0 fully saturated rings. The summed E-state index contributed by atoms with van der Waals surface area (Å²) in [5.41, 5.74) is 2.05. The third kappa shape index (κ3) is 2.41. The zero-order chi connectivity index (χ0) is 11.4. The number of nitrogens with one attached hydrogen (secondary N) is 1. The molecule has 1 N–H and O–H groups in total. The minimum atomic E-state index is 0.148. The summed E-state index contributed by atoms with van der Waals surface area (Å²) < 4.78 is 4.76. The summed E-state index contributed by atoms with van der Waals surface area (Å²) in [4.78, 5) is 0. The van der Waals surface area contributed by atoms with Gasteiger partial charge in [-0.05, 0) is 24.6 Å². The lowest BCUT2D eigenvalue weighted by Gasteiger charge is -2.03. The molecule has 0 amide bonds. The maximum Gasteiger partial charge on any atom is 0.354 e. The van der Waals surface area contributed by atoms with Crippen LogP contribution in [0.1, 0.15) is 5.56 Å². The number of aryl methyl sites for hydroxylation is 1. The van der Waals surface area contributed by atoms with Gasteiger partial charge >= 0.3 is 6.01 Å². The van der Waals surface area contributed by atoms with E-state index in [1.54, 1.807) is 0 Å². The maximum absolute atomic E-state index is 4.76. The largest absolute Gasteiger partial charge is 0.465 e.